The first-order chi connectivity index (χ1) is 7.39. The van der Waals surface area contributed by atoms with Crippen molar-refractivity contribution in [3.8, 4) is 0 Å². The van der Waals surface area contributed by atoms with Crippen molar-refractivity contribution in [2.24, 2.45) is 5.73 Å². The van der Waals surface area contributed by atoms with Crippen molar-refractivity contribution >= 4 is 10.9 Å². The Morgan fingerprint density at radius 3 is 2.62 bits per heavy atom. The van der Waals surface area contributed by atoms with Crippen molar-refractivity contribution in [2.45, 2.75) is 26.3 Å². The number of nitrogens with two attached hydrogens (primary N) is 1. The zero-order valence-corrected chi connectivity index (χ0v) is 9.71. The normalized spacial score (nSPS) is 12.1. The molecular formula is C13H15FN2. The van der Waals surface area contributed by atoms with Crippen LogP contribution < -0.4 is 5.73 Å². The zero-order chi connectivity index (χ0) is 11.9. The lowest BCUT2D eigenvalue weighted by Gasteiger charge is -2.21. The van der Waals surface area contributed by atoms with Gasteiger partial charge in [0.2, 0.25) is 0 Å². The van der Waals surface area contributed by atoms with Gasteiger partial charge >= 0.3 is 0 Å². The molecule has 1 heterocycles. The van der Waals surface area contributed by atoms with Crippen LogP contribution in [0.3, 0.4) is 0 Å². The maximum Gasteiger partial charge on any atom is 0.149 e. The molecule has 2 rings (SSSR count). The lowest BCUT2D eigenvalue weighted by molar-refractivity contribution is 0.558. The van der Waals surface area contributed by atoms with E-state index in [2.05, 4.69) is 4.98 Å². The van der Waals surface area contributed by atoms with E-state index in [4.69, 9.17) is 5.73 Å². The SMILES string of the molecule is Cc1cc(C(C)(C)N)c2cccc(F)c2n1. The van der Waals surface area contributed by atoms with Gasteiger partial charge in [-0.3, -0.25) is 4.98 Å². The molecule has 0 aliphatic heterocycles. The molecule has 0 aliphatic carbocycles. The van der Waals surface area contributed by atoms with Gasteiger partial charge in [0.15, 0.2) is 0 Å². The summed E-state index contributed by atoms with van der Waals surface area (Å²) >= 11 is 0. The molecule has 2 N–H and O–H groups in total. The molecule has 0 radical (unpaired) electrons. The molecule has 0 bridgehead atoms. The zero-order valence-electron chi connectivity index (χ0n) is 9.71. The van der Waals surface area contributed by atoms with E-state index in [-0.39, 0.29) is 5.82 Å². The Labute approximate surface area is 94.3 Å². The average Bonchev–Trinajstić information content (AvgIpc) is 2.17. The van der Waals surface area contributed by atoms with Crippen molar-refractivity contribution in [1.82, 2.24) is 4.98 Å². The minimum absolute atomic E-state index is 0.299. The van der Waals surface area contributed by atoms with Crippen molar-refractivity contribution in [2.75, 3.05) is 0 Å². The minimum atomic E-state index is -0.500. The van der Waals surface area contributed by atoms with Crippen molar-refractivity contribution in [1.29, 1.82) is 0 Å². The second kappa shape index (κ2) is 3.52. The standard InChI is InChI=1S/C13H15FN2/c1-8-7-10(13(2,3)15)9-5-4-6-11(14)12(9)16-8/h4-7H,15H2,1-3H3. The van der Waals surface area contributed by atoms with Gasteiger partial charge in [0.1, 0.15) is 11.3 Å². The molecule has 84 valence electrons. The van der Waals surface area contributed by atoms with Crippen LogP contribution in [-0.4, -0.2) is 4.98 Å². The third kappa shape index (κ3) is 1.78. The van der Waals surface area contributed by atoms with E-state index >= 15 is 0 Å². The van der Waals surface area contributed by atoms with Crippen LogP contribution in [-0.2, 0) is 5.54 Å². The summed E-state index contributed by atoms with van der Waals surface area (Å²) in [6, 6.07) is 6.88. The Morgan fingerprint density at radius 1 is 1.31 bits per heavy atom. The van der Waals surface area contributed by atoms with E-state index in [1.807, 2.05) is 32.9 Å². The highest BCUT2D eigenvalue weighted by atomic mass is 19.1. The molecule has 0 unspecified atom stereocenters. The van der Waals surface area contributed by atoms with Crippen LogP contribution in [0.1, 0.15) is 25.1 Å². The molecule has 0 atom stereocenters. The summed E-state index contributed by atoms with van der Waals surface area (Å²) in [5.41, 5.74) is 7.70. The van der Waals surface area contributed by atoms with Gasteiger partial charge in [-0.1, -0.05) is 12.1 Å². The van der Waals surface area contributed by atoms with E-state index in [0.717, 1.165) is 16.6 Å². The van der Waals surface area contributed by atoms with E-state index in [9.17, 15) is 4.39 Å². The smallest absolute Gasteiger partial charge is 0.149 e. The number of aryl methyl sites for hydroxylation is 1. The highest BCUT2D eigenvalue weighted by Gasteiger charge is 2.19. The lowest BCUT2D eigenvalue weighted by atomic mass is 9.91. The molecule has 0 saturated heterocycles. The van der Waals surface area contributed by atoms with E-state index in [1.54, 1.807) is 6.07 Å². The first-order valence-electron chi connectivity index (χ1n) is 5.25. The predicted molar refractivity (Wildman–Crippen MR) is 63.7 cm³/mol. The van der Waals surface area contributed by atoms with Gasteiger partial charge in [-0.25, -0.2) is 4.39 Å². The Balaban J connectivity index is 2.89. The quantitative estimate of drug-likeness (QED) is 0.799. The number of halogens is 1. The van der Waals surface area contributed by atoms with Gasteiger partial charge in [0.25, 0.3) is 0 Å². The third-order valence-corrected chi connectivity index (χ3v) is 2.61. The summed E-state index contributed by atoms with van der Waals surface area (Å²) in [5, 5.41) is 0.790. The van der Waals surface area contributed by atoms with E-state index in [1.165, 1.54) is 6.07 Å². The van der Waals surface area contributed by atoms with Crippen molar-refractivity contribution < 1.29 is 4.39 Å². The summed E-state index contributed by atoms with van der Waals surface area (Å²) in [4.78, 5) is 4.22. The highest BCUT2D eigenvalue weighted by Crippen LogP contribution is 2.27. The molecule has 2 aromatic rings. The Kier molecular flexibility index (Phi) is 2.43. The molecule has 16 heavy (non-hydrogen) atoms. The minimum Gasteiger partial charge on any atom is -0.322 e. The molecule has 0 amide bonds. The van der Waals surface area contributed by atoms with Gasteiger partial charge in [-0.05, 0) is 38.5 Å². The summed E-state index contributed by atoms with van der Waals surface area (Å²) < 4.78 is 13.6. The maximum absolute atomic E-state index is 13.6. The molecular weight excluding hydrogens is 203 g/mol. The third-order valence-electron chi connectivity index (χ3n) is 2.61. The second-order valence-corrected chi connectivity index (χ2v) is 4.67. The predicted octanol–water partition coefficient (Wildman–Crippen LogP) is 2.88. The van der Waals surface area contributed by atoms with Crippen LogP contribution >= 0.6 is 0 Å². The number of para-hydroxylation sites is 1. The van der Waals surface area contributed by atoms with Crippen molar-refractivity contribution in [3.63, 3.8) is 0 Å². The van der Waals surface area contributed by atoms with Crippen LogP contribution in [0.4, 0.5) is 4.39 Å². The molecule has 3 heteroatoms. The Hall–Kier alpha value is -1.48. The number of pyridine rings is 1. The largest absolute Gasteiger partial charge is 0.322 e. The van der Waals surface area contributed by atoms with Gasteiger partial charge in [-0.15, -0.1) is 0 Å². The van der Waals surface area contributed by atoms with Gasteiger partial charge in [0.05, 0.1) is 0 Å². The molecule has 0 fully saturated rings. The number of rotatable bonds is 1. The van der Waals surface area contributed by atoms with Gasteiger partial charge in [-0.2, -0.15) is 0 Å². The highest BCUT2D eigenvalue weighted by molar-refractivity contribution is 5.83. The van der Waals surface area contributed by atoms with Crippen LogP contribution in [0.5, 0.6) is 0 Å². The first kappa shape index (κ1) is 11.0. The van der Waals surface area contributed by atoms with Crippen molar-refractivity contribution in [3.05, 3.63) is 41.3 Å². The number of aromatic nitrogens is 1. The Morgan fingerprint density at radius 2 is 2.00 bits per heavy atom. The van der Waals surface area contributed by atoms with Crippen LogP contribution in [0.15, 0.2) is 24.3 Å². The first-order valence-corrected chi connectivity index (χ1v) is 5.25. The molecule has 0 aliphatic rings. The summed E-state index contributed by atoms with van der Waals surface area (Å²) in [5.74, 6) is -0.299. The number of hydrogen-bond acceptors (Lipinski definition) is 2. The summed E-state index contributed by atoms with van der Waals surface area (Å²) in [6.45, 7) is 5.67. The van der Waals surface area contributed by atoms with Crippen LogP contribution in [0, 0.1) is 12.7 Å². The number of benzene rings is 1. The van der Waals surface area contributed by atoms with Gasteiger partial charge in [0, 0.05) is 16.6 Å². The maximum atomic E-state index is 13.6. The molecule has 1 aromatic heterocycles. The number of fused-ring (bicyclic) bond motifs is 1. The second-order valence-electron chi connectivity index (χ2n) is 4.67. The fraction of sp³-hybridized carbons (Fsp3) is 0.308. The number of hydrogen-bond donors (Lipinski definition) is 1. The Bertz CT molecular complexity index is 541. The van der Waals surface area contributed by atoms with Gasteiger partial charge < -0.3 is 5.73 Å². The molecule has 0 saturated carbocycles. The molecule has 1 aromatic carbocycles. The van der Waals surface area contributed by atoms with E-state index < -0.39 is 5.54 Å². The van der Waals surface area contributed by atoms with E-state index in [0.29, 0.717) is 5.52 Å². The number of nitrogens with zero attached hydrogens (tertiary/aromatic N) is 1. The van der Waals surface area contributed by atoms with Crippen LogP contribution in [0.2, 0.25) is 0 Å². The van der Waals surface area contributed by atoms with Crippen LogP contribution in [0.25, 0.3) is 10.9 Å². The fourth-order valence-electron chi connectivity index (χ4n) is 1.87. The molecule has 0 spiro atoms. The monoisotopic (exact) mass is 218 g/mol. The average molecular weight is 218 g/mol. The molecule has 2 nitrogen and oxygen atoms in total. The fourth-order valence-corrected chi connectivity index (χ4v) is 1.87. The lowest BCUT2D eigenvalue weighted by Crippen LogP contribution is -2.29. The summed E-state index contributed by atoms with van der Waals surface area (Å²) in [7, 11) is 0. The topological polar surface area (TPSA) is 38.9 Å². The summed E-state index contributed by atoms with van der Waals surface area (Å²) in [6.07, 6.45) is 0.